The van der Waals surface area contributed by atoms with Crippen molar-refractivity contribution in [2.24, 2.45) is 0 Å². The Morgan fingerprint density at radius 3 is 2.94 bits per heavy atom. The molecule has 0 aromatic heterocycles. The predicted molar refractivity (Wildman–Crippen MR) is 71.0 cm³/mol. The van der Waals surface area contributed by atoms with Crippen LogP contribution in [0, 0.1) is 5.82 Å². The van der Waals surface area contributed by atoms with E-state index in [0.717, 1.165) is 6.42 Å². The molecule has 1 aromatic carbocycles. The van der Waals surface area contributed by atoms with E-state index in [-0.39, 0.29) is 10.9 Å². The van der Waals surface area contributed by atoms with Crippen molar-refractivity contribution < 1.29 is 9.18 Å². The molecular weight excluding hydrogens is 308 g/mol. The standard InChI is InChI=1S/C12H14BrClFNO/c1-2-9(14)5-6-16-12(17)10-7-8(13)3-4-11(10)15/h3-4,7,9H,2,5-6H2,1H3,(H,16,17). The minimum Gasteiger partial charge on any atom is -0.352 e. The first-order valence-electron chi connectivity index (χ1n) is 5.42. The van der Waals surface area contributed by atoms with Gasteiger partial charge in [0.15, 0.2) is 0 Å². The zero-order valence-corrected chi connectivity index (χ0v) is 11.8. The van der Waals surface area contributed by atoms with Crippen LogP contribution in [0.5, 0.6) is 0 Å². The molecule has 0 radical (unpaired) electrons. The number of carbonyl (C=O) groups is 1. The van der Waals surface area contributed by atoms with E-state index in [4.69, 9.17) is 11.6 Å². The molecule has 0 heterocycles. The second-order valence-electron chi connectivity index (χ2n) is 3.67. The van der Waals surface area contributed by atoms with Crippen molar-refractivity contribution in [1.82, 2.24) is 5.32 Å². The molecule has 1 unspecified atom stereocenters. The van der Waals surface area contributed by atoms with Crippen molar-refractivity contribution in [3.8, 4) is 0 Å². The highest BCUT2D eigenvalue weighted by Gasteiger charge is 2.12. The van der Waals surface area contributed by atoms with E-state index in [0.29, 0.717) is 17.4 Å². The number of alkyl halides is 1. The summed E-state index contributed by atoms with van der Waals surface area (Å²) in [6.45, 7) is 2.43. The van der Waals surface area contributed by atoms with E-state index >= 15 is 0 Å². The molecule has 1 aromatic rings. The number of halogens is 3. The van der Waals surface area contributed by atoms with Crippen molar-refractivity contribution in [1.29, 1.82) is 0 Å². The molecule has 0 aliphatic heterocycles. The molecule has 0 fully saturated rings. The third-order valence-corrected chi connectivity index (χ3v) is 3.38. The Balaban J connectivity index is 2.55. The number of hydrogen-bond donors (Lipinski definition) is 1. The molecule has 17 heavy (non-hydrogen) atoms. The van der Waals surface area contributed by atoms with Gasteiger partial charge in [0.05, 0.1) is 5.56 Å². The van der Waals surface area contributed by atoms with Gasteiger partial charge in [-0.05, 0) is 31.0 Å². The zero-order chi connectivity index (χ0) is 12.8. The maximum atomic E-state index is 13.4. The summed E-state index contributed by atoms with van der Waals surface area (Å²) in [6.07, 6.45) is 1.53. The fourth-order valence-electron chi connectivity index (χ4n) is 1.31. The number of amides is 1. The van der Waals surface area contributed by atoms with Crippen LogP contribution in [0.4, 0.5) is 4.39 Å². The summed E-state index contributed by atoms with van der Waals surface area (Å²) in [4.78, 5) is 11.7. The number of benzene rings is 1. The summed E-state index contributed by atoms with van der Waals surface area (Å²) in [7, 11) is 0. The first-order chi connectivity index (χ1) is 8.04. The lowest BCUT2D eigenvalue weighted by Crippen LogP contribution is -2.26. The maximum Gasteiger partial charge on any atom is 0.254 e. The molecule has 94 valence electrons. The van der Waals surface area contributed by atoms with E-state index < -0.39 is 11.7 Å². The SMILES string of the molecule is CCC(Cl)CCNC(=O)c1cc(Br)ccc1F. The number of rotatable bonds is 5. The van der Waals surface area contributed by atoms with E-state index in [2.05, 4.69) is 21.2 Å². The normalized spacial score (nSPS) is 12.2. The number of nitrogens with one attached hydrogen (secondary N) is 1. The molecule has 5 heteroatoms. The molecule has 1 rings (SSSR count). The van der Waals surface area contributed by atoms with Crippen molar-refractivity contribution in [2.75, 3.05) is 6.54 Å². The van der Waals surface area contributed by atoms with E-state index in [1.54, 1.807) is 6.07 Å². The van der Waals surface area contributed by atoms with Gasteiger partial charge in [0.25, 0.3) is 5.91 Å². The lowest BCUT2D eigenvalue weighted by molar-refractivity contribution is 0.0949. The van der Waals surface area contributed by atoms with Crippen LogP contribution in [0.1, 0.15) is 30.1 Å². The second kappa shape index (κ2) is 6.97. The van der Waals surface area contributed by atoms with Gasteiger partial charge < -0.3 is 5.32 Å². The Labute approximate surface area is 114 Å². The van der Waals surface area contributed by atoms with Gasteiger partial charge in [-0.25, -0.2) is 4.39 Å². The Morgan fingerprint density at radius 2 is 2.29 bits per heavy atom. The van der Waals surface area contributed by atoms with E-state index in [1.807, 2.05) is 6.92 Å². The van der Waals surface area contributed by atoms with Gasteiger partial charge in [0.2, 0.25) is 0 Å². The molecule has 2 nitrogen and oxygen atoms in total. The molecule has 1 atom stereocenters. The average Bonchev–Trinajstić information content (AvgIpc) is 2.31. The minimum atomic E-state index is -0.524. The predicted octanol–water partition coefficient (Wildman–Crippen LogP) is 3.73. The van der Waals surface area contributed by atoms with Gasteiger partial charge in [0, 0.05) is 16.4 Å². The highest BCUT2D eigenvalue weighted by molar-refractivity contribution is 9.10. The molecule has 0 bridgehead atoms. The molecule has 1 N–H and O–H groups in total. The maximum absolute atomic E-state index is 13.4. The molecule has 0 saturated heterocycles. The second-order valence-corrected chi connectivity index (χ2v) is 5.21. The lowest BCUT2D eigenvalue weighted by atomic mass is 10.2. The fraction of sp³-hybridized carbons (Fsp3) is 0.417. The summed E-state index contributed by atoms with van der Waals surface area (Å²) in [5, 5.41) is 2.69. The molecule has 1 amide bonds. The van der Waals surface area contributed by atoms with Crippen LogP contribution in [-0.4, -0.2) is 17.8 Å². The molecule has 0 aliphatic carbocycles. The van der Waals surface area contributed by atoms with Gasteiger partial charge in [-0.15, -0.1) is 11.6 Å². The van der Waals surface area contributed by atoms with Crippen LogP contribution in [0.3, 0.4) is 0 Å². The summed E-state index contributed by atoms with van der Waals surface area (Å²) in [5.74, 6) is -0.938. The van der Waals surface area contributed by atoms with Crippen LogP contribution in [0.15, 0.2) is 22.7 Å². The monoisotopic (exact) mass is 321 g/mol. The van der Waals surface area contributed by atoms with Crippen LogP contribution in [0.2, 0.25) is 0 Å². The number of carbonyl (C=O) groups excluding carboxylic acids is 1. The average molecular weight is 323 g/mol. The number of hydrogen-bond acceptors (Lipinski definition) is 1. The first-order valence-corrected chi connectivity index (χ1v) is 6.64. The summed E-state index contributed by atoms with van der Waals surface area (Å²) >= 11 is 9.12. The molecule has 0 spiro atoms. The minimum absolute atomic E-state index is 0.0435. The molecular formula is C12H14BrClFNO. The van der Waals surface area contributed by atoms with Crippen LogP contribution in [0.25, 0.3) is 0 Å². The Kier molecular flexibility index (Phi) is 5.92. The van der Waals surface area contributed by atoms with Crippen LogP contribution < -0.4 is 5.32 Å². The lowest BCUT2D eigenvalue weighted by Gasteiger charge is -2.08. The van der Waals surface area contributed by atoms with Crippen LogP contribution >= 0.6 is 27.5 Å². The highest BCUT2D eigenvalue weighted by Crippen LogP contribution is 2.15. The Morgan fingerprint density at radius 1 is 1.59 bits per heavy atom. The van der Waals surface area contributed by atoms with Crippen molar-refractivity contribution >= 4 is 33.4 Å². The van der Waals surface area contributed by atoms with Crippen molar-refractivity contribution in [3.05, 3.63) is 34.1 Å². The van der Waals surface area contributed by atoms with E-state index in [1.165, 1.54) is 12.1 Å². The summed E-state index contributed by atoms with van der Waals surface area (Å²) < 4.78 is 14.0. The van der Waals surface area contributed by atoms with Crippen molar-refractivity contribution in [2.45, 2.75) is 25.1 Å². The fourth-order valence-corrected chi connectivity index (χ4v) is 1.78. The smallest absolute Gasteiger partial charge is 0.254 e. The van der Waals surface area contributed by atoms with Gasteiger partial charge >= 0.3 is 0 Å². The first kappa shape index (κ1) is 14.5. The van der Waals surface area contributed by atoms with Gasteiger partial charge in [0.1, 0.15) is 5.82 Å². The molecule has 0 saturated carbocycles. The van der Waals surface area contributed by atoms with Gasteiger partial charge in [-0.2, -0.15) is 0 Å². The van der Waals surface area contributed by atoms with Crippen molar-refractivity contribution in [3.63, 3.8) is 0 Å². The quantitative estimate of drug-likeness (QED) is 0.822. The third kappa shape index (κ3) is 4.64. The van der Waals surface area contributed by atoms with Crippen LogP contribution in [-0.2, 0) is 0 Å². The third-order valence-electron chi connectivity index (χ3n) is 2.36. The highest BCUT2D eigenvalue weighted by atomic mass is 79.9. The topological polar surface area (TPSA) is 29.1 Å². The summed E-state index contributed by atoms with van der Waals surface area (Å²) in [5.41, 5.74) is 0.0435. The Hall–Kier alpha value is -0.610. The molecule has 0 aliphatic rings. The summed E-state index contributed by atoms with van der Waals surface area (Å²) in [6, 6.07) is 4.27. The zero-order valence-electron chi connectivity index (χ0n) is 9.47. The van der Waals surface area contributed by atoms with Gasteiger partial charge in [-0.3, -0.25) is 4.79 Å². The Bertz CT molecular complexity index is 400. The largest absolute Gasteiger partial charge is 0.352 e. The van der Waals surface area contributed by atoms with E-state index in [9.17, 15) is 9.18 Å². The van der Waals surface area contributed by atoms with Gasteiger partial charge in [-0.1, -0.05) is 22.9 Å².